The first-order valence-corrected chi connectivity index (χ1v) is 14.7. The van der Waals surface area contributed by atoms with Crippen molar-refractivity contribution in [3.63, 3.8) is 0 Å². The lowest BCUT2D eigenvalue weighted by Gasteiger charge is -2.52. The van der Waals surface area contributed by atoms with Gasteiger partial charge in [0.15, 0.2) is 0 Å². The molecule has 0 aliphatic carbocycles. The number of nitrogens with one attached hydrogen (secondary N) is 2. The lowest BCUT2D eigenvalue weighted by Crippen LogP contribution is -2.68. The molecule has 3 heterocycles. The number of piperazine rings is 1. The molecule has 0 saturated carbocycles. The zero-order chi connectivity index (χ0) is 27.2. The van der Waals surface area contributed by atoms with Gasteiger partial charge in [-0.2, -0.15) is 0 Å². The van der Waals surface area contributed by atoms with Crippen molar-refractivity contribution in [3.05, 3.63) is 0 Å². The summed E-state index contributed by atoms with van der Waals surface area (Å²) in [5.74, 6) is -0.750. The molecule has 10 heteroatoms. The summed E-state index contributed by atoms with van der Waals surface area (Å²) < 4.78 is 5.47. The van der Waals surface area contributed by atoms with Gasteiger partial charge in [0.05, 0.1) is 48.3 Å². The van der Waals surface area contributed by atoms with Crippen LogP contribution in [0.2, 0.25) is 0 Å². The third-order valence-corrected chi connectivity index (χ3v) is 9.25. The van der Waals surface area contributed by atoms with E-state index < -0.39 is 12.1 Å². The Morgan fingerprint density at radius 3 is 2.54 bits per heavy atom. The molecule has 0 spiro atoms. The summed E-state index contributed by atoms with van der Waals surface area (Å²) in [6.45, 7) is 18.3. The van der Waals surface area contributed by atoms with Crippen molar-refractivity contribution in [1.82, 2.24) is 20.4 Å². The van der Waals surface area contributed by atoms with Crippen LogP contribution in [-0.4, -0.2) is 110 Å². The fourth-order valence-corrected chi connectivity index (χ4v) is 5.87. The third-order valence-electron chi connectivity index (χ3n) is 8.92. The summed E-state index contributed by atoms with van der Waals surface area (Å²) in [6.07, 6.45) is 4.94. The summed E-state index contributed by atoms with van der Waals surface area (Å²) in [7, 11) is 0. The Morgan fingerprint density at radius 2 is 1.97 bits per heavy atom. The number of hydrogen-bond donors (Lipinski definition) is 4. The van der Waals surface area contributed by atoms with Gasteiger partial charge in [0, 0.05) is 45.0 Å². The van der Waals surface area contributed by atoms with Gasteiger partial charge >= 0.3 is 0 Å². The van der Waals surface area contributed by atoms with Gasteiger partial charge in [-0.3, -0.25) is 19.6 Å². The van der Waals surface area contributed by atoms with Crippen molar-refractivity contribution in [2.45, 2.75) is 95.5 Å². The van der Waals surface area contributed by atoms with Gasteiger partial charge in [-0.25, -0.2) is 0 Å². The lowest BCUT2D eigenvalue weighted by atomic mass is 9.85. The second-order valence-electron chi connectivity index (χ2n) is 12.4. The molecule has 37 heavy (non-hydrogen) atoms. The number of aliphatic imine (C=N–C) groups is 1. The van der Waals surface area contributed by atoms with Gasteiger partial charge in [-0.05, 0) is 45.1 Å². The van der Waals surface area contributed by atoms with E-state index >= 15 is 0 Å². The third kappa shape index (κ3) is 8.34. The Labute approximate surface area is 229 Å². The molecule has 0 aromatic carbocycles. The number of carbonyl (C=O) groups excluding carboxylic acids is 1. The minimum atomic E-state index is -0.802. The molecule has 0 bridgehead atoms. The molecule has 0 aromatic rings. The zero-order valence-corrected chi connectivity index (χ0v) is 24.5. The Morgan fingerprint density at radius 1 is 1.30 bits per heavy atom. The molecule has 0 radical (unpaired) electrons. The van der Waals surface area contributed by atoms with E-state index in [0.717, 1.165) is 78.2 Å². The maximum Gasteiger partial charge on any atom is 0.228 e. The standard InChI is InChI=1S/C27H52ClN7O2/c1-6-26(3,4)9-7-20(28)15-32-19(2)23(24(29)30)25(36)33-21-16-31-10-8-22(21)34-11-13-35(14-12-34)27(5)17-37-18-27/h15,19-24,31H,6-14,16-18,29-30H2,1-5H3,(H,33,36). The van der Waals surface area contributed by atoms with Crippen LogP contribution in [-0.2, 0) is 9.53 Å². The van der Waals surface area contributed by atoms with Crippen LogP contribution in [0.25, 0.3) is 0 Å². The molecule has 3 aliphatic heterocycles. The molecule has 9 nitrogen and oxygen atoms in total. The number of nitrogens with two attached hydrogens (primary N) is 2. The van der Waals surface area contributed by atoms with Gasteiger partial charge in [0.1, 0.15) is 0 Å². The topological polar surface area (TPSA) is 121 Å². The van der Waals surface area contributed by atoms with E-state index in [4.69, 9.17) is 27.8 Å². The first-order valence-electron chi connectivity index (χ1n) is 14.2. The van der Waals surface area contributed by atoms with Crippen LogP contribution in [0.4, 0.5) is 0 Å². The van der Waals surface area contributed by atoms with E-state index in [9.17, 15) is 4.79 Å². The highest BCUT2D eigenvalue weighted by Gasteiger charge is 2.42. The minimum absolute atomic E-state index is 0.00454. The van der Waals surface area contributed by atoms with Gasteiger partial charge < -0.3 is 26.8 Å². The molecule has 6 N–H and O–H groups in total. The number of amides is 1. The second kappa shape index (κ2) is 13.5. The van der Waals surface area contributed by atoms with Crippen LogP contribution in [0.5, 0.6) is 0 Å². The van der Waals surface area contributed by atoms with Crippen molar-refractivity contribution in [1.29, 1.82) is 0 Å². The first kappa shape index (κ1) is 30.7. The molecule has 214 valence electrons. The van der Waals surface area contributed by atoms with E-state index in [-0.39, 0.29) is 34.3 Å². The van der Waals surface area contributed by atoms with Crippen molar-refractivity contribution in [2.24, 2.45) is 27.8 Å². The molecule has 1 amide bonds. The quantitative estimate of drug-likeness (QED) is 0.167. The number of nitrogens with zero attached hydrogens (tertiary/aromatic N) is 3. The van der Waals surface area contributed by atoms with Crippen LogP contribution in [0, 0.1) is 11.3 Å². The second-order valence-corrected chi connectivity index (χ2v) is 13.0. The zero-order valence-electron chi connectivity index (χ0n) is 23.7. The molecule has 0 aromatic heterocycles. The average Bonchev–Trinajstić information content (AvgIpc) is 2.85. The van der Waals surface area contributed by atoms with Crippen LogP contribution < -0.4 is 22.1 Å². The predicted molar refractivity (Wildman–Crippen MR) is 152 cm³/mol. The predicted octanol–water partition coefficient (Wildman–Crippen LogP) is 1.38. The van der Waals surface area contributed by atoms with Crippen molar-refractivity contribution in [3.8, 4) is 0 Å². The smallest absolute Gasteiger partial charge is 0.228 e. The number of halogens is 1. The van der Waals surface area contributed by atoms with Gasteiger partial charge in [-0.15, -0.1) is 11.6 Å². The summed E-state index contributed by atoms with van der Waals surface area (Å²) in [5, 5.41) is 6.56. The highest BCUT2D eigenvalue weighted by molar-refractivity contribution is 6.28. The molecule has 3 aliphatic rings. The Balaban J connectivity index is 1.55. The fraction of sp³-hybridized carbons (Fsp3) is 0.926. The van der Waals surface area contributed by atoms with E-state index in [1.807, 2.05) is 6.92 Å². The fourth-order valence-electron chi connectivity index (χ4n) is 5.70. The summed E-state index contributed by atoms with van der Waals surface area (Å²) >= 11 is 6.53. The number of hydrogen-bond acceptors (Lipinski definition) is 8. The molecule has 3 saturated heterocycles. The van der Waals surface area contributed by atoms with Crippen LogP contribution in [0.15, 0.2) is 4.99 Å². The first-order chi connectivity index (χ1) is 17.5. The lowest BCUT2D eigenvalue weighted by molar-refractivity contribution is -0.143. The number of piperidine rings is 1. The molecule has 5 atom stereocenters. The maximum atomic E-state index is 13.4. The average molecular weight is 542 g/mol. The Kier molecular flexibility index (Phi) is 11.2. The summed E-state index contributed by atoms with van der Waals surface area (Å²) in [5.41, 5.74) is 12.7. The molecule has 5 unspecified atom stereocenters. The van der Waals surface area contributed by atoms with Crippen molar-refractivity contribution in [2.75, 3.05) is 52.5 Å². The SMILES string of the molecule is CCC(C)(C)CCC(Cl)C=NC(C)C(C(=O)NC1CNCCC1N1CCN(C2(C)COC2)CC1)C(N)N. The maximum absolute atomic E-state index is 13.4. The normalized spacial score (nSPS) is 28.1. The van der Waals surface area contributed by atoms with Crippen molar-refractivity contribution < 1.29 is 9.53 Å². The molecule has 3 fully saturated rings. The van der Waals surface area contributed by atoms with Gasteiger partial charge in [0.25, 0.3) is 0 Å². The highest BCUT2D eigenvalue weighted by atomic mass is 35.5. The van der Waals surface area contributed by atoms with E-state index in [1.54, 1.807) is 6.21 Å². The molecule has 3 rings (SSSR count). The number of ether oxygens (including phenoxy) is 1. The van der Waals surface area contributed by atoms with Crippen molar-refractivity contribution >= 4 is 23.7 Å². The van der Waals surface area contributed by atoms with Crippen LogP contribution in [0.3, 0.4) is 0 Å². The largest absolute Gasteiger partial charge is 0.377 e. The molecular weight excluding hydrogens is 490 g/mol. The van der Waals surface area contributed by atoms with Crippen LogP contribution in [0.1, 0.15) is 60.3 Å². The number of carbonyl (C=O) groups is 1. The van der Waals surface area contributed by atoms with E-state index in [2.05, 4.69) is 53.1 Å². The summed E-state index contributed by atoms with van der Waals surface area (Å²) in [6, 6.07) is -0.0604. The summed E-state index contributed by atoms with van der Waals surface area (Å²) in [4.78, 5) is 23.2. The Hall–Kier alpha value is -0.810. The number of rotatable bonds is 12. The molecular formula is C27H52ClN7O2. The monoisotopic (exact) mass is 541 g/mol. The van der Waals surface area contributed by atoms with Gasteiger partial charge in [-0.1, -0.05) is 27.2 Å². The Bertz CT molecular complexity index is 753. The highest BCUT2D eigenvalue weighted by Crippen LogP contribution is 2.28. The van der Waals surface area contributed by atoms with Gasteiger partial charge in [0.2, 0.25) is 5.91 Å². The van der Waals surface area contributed by atoms with Crippen LogP contribution >= 0.6 is 11.6 Å². The number of alkyl halides is 1. The van der Waals surface area contributed by atoms with E-state index in [1.165, 1.54) is 0 Å². The van der Waals surface area contributed by atoms with E-state index in [0.29, 0.717) is 6.04 Å². The minimum Gasteiger partial charge on any atom is -0.377 e.